The molecule has 0 atom stereocenters. The van der Waals surface area contributed by atoms with Gasteiger partial charge in [0.25, 0.3) is 0 Å². The topological polar surface area (TPSA) is 64.1 Å². The summed E-state index contributed by atoms with van der Waals surface area (Å²) in [5.41, 5.74) is 3.20. The highest BCUT2D eigenvalue weighted by molar-refractivity contribution is 14.0. The maximum atomic E-state index is 5.62. The standard InChI is InChI=1S/C21H29N3O3.HI/c1-15(2)27-14-17-8-6-16(7-9-17)13-23-21(22-3)24-18-10-11-19(25-4)20(12-18)26-5;/h6-12,15H,13-14H2,1-5H3,(H2,22,23,24);1H. The van der Waals surface area contributed by atoms with Gasteiger partial charge in [0.2, 0.25) is 0 Å². The van der Waals surface area contributed by atoms with Gasteiger partial charge >= 0.3 is 0 Å². The molecule has 2 rings (SSSR count). The lowest BCUT2D eigenvalue weighted by atomic mass is 10.1. The second-order valence-corrected chi connectivity index (χ2v) is 6.30. The number of methoxy groups -OCH3 is 2. The smallest absolute Gasteiger partial charge is 0.195 e. The molecule has 0 aliphatic rings. The Kier molecular flexibility index (Phi) is 10.7. The van der Waals surface area contributed by atoms with E-state index in [1.807, 2.05) is 32.0 Å². The lowest BCUT2D eigenvalue weighted by Crippen LogP contribution is -2.30. The van der Waals surface area contributed by atoms with Crippen molar-refractivity contribution in [2.45, 2.75) is 33.1 Å². The van der Waals surface area contributed by atoms with Crippen molar-refractivity contribution in [2.24, 2.45) is 4.99 Å². The molecule has 0 unspecified atom stereocenters. The van der Waals surface area contributed by atoms with Gasteiger partial charge in [0.05, 0.1) is 26.9 Å². The SMILES string of the molecule is CN=C(NCc1ccc(COC(C)C)cc1)Nc1ccc(OC)c(OC)c1.I. The number of halogens is 1. The average molecular weight is 499 g/mol. The van der Waals surface area contributed by atoms with E-state index in [2.05, 4.69) is 39.9 Å². The number of guanidine groups is 1. The first-order chi connectivity index (χ1) is 13.0. The van der Waals surface area contributed by atoms with E-state index in [1.54, 1.807) is 21.3 Å². The lowest BCUT2D eigenvalue weighted by Gasteiger charge is -2.14. The Bertz CT molecular complexity index is 749. The fourth-order valence-corrected chi connectivity index (χ4v) is 2.43. The number of nitrogens with zero attached hydrogens (tertiary/aromatic N) is 1. The van der Waals surface area contributed by atoms with Crippen LogP contribution < -0.4 is 20.1 Å². The summed E-state index contributed by atoms with van der Waals surface area (Å²) in [5.74, 6) is 2.03. The van der Waals surface area contributed by atoms with Gasteiger partial charge in [0.15, 0.2) is 17.5 Å². The Balaban J connectivity index is 0.00000392. The molecule has 154 valence electrons. The van der Waals surface area contributed by atoms with E-state index in [9.17, 15) is 0 Å². The molecule has 2 aromatic rings. The average Bonchev–Trinajstić information content (AvgIpc) is 2.70. The molecule has 2 N–H and O–H groups in total. The summed E-state index contributed by atoms with van der Waals surface area (Å²) in [6.07, 6.45) is 0.234. The zero-order chi connectivity index (χ0) is 19.6. The van der Waals surface area contributed by atoms with Gasteiger partial charge in [0.1, 0.15) is 0 Å². The van der Waals surface area contributed by atoms with E-state index in [0.717, 1.165) is 5.69 Å². The first-order valence-corrected chi connectivity index (χ1v) is 8.94. The Labute approximate surface area is 184 Å². The minimum atomic E-state index is 0. The number of rotatable bonds is 8. The van der Waals surface area contributed by atoms with Crippen LogP contribution in [0.2, 0.25) is 0 Å². The van der Waals surface area contributed by atoms with Crippen LogP contribution in [0.4, 0.5) is 5.69 Å². The van der Waals surface area contributed by atoms with E-state index in [0.29, 0.717) is 30.6 Å². The maximum absolute atomic E-state index is 5.62. The van der Waals surface area contributed by atoms with Crippen molar-refractivity contribution in [1.29, 1.82) is 0 Å². The molecule has 7 heteroatoms. The van der Waals surface area contributed by atoms with E-state index < -0.39 is 0 Å². The summed E-state index contributed by atoms with van der Waals surface area (Å²) in [6.45, 7) is 5.37. The van der Waals surface area contributed by atoms with E-state index in [-0.39, 0.29) is 30.1 Å². The van der Waals surface area contributed by atoms with Gasteiger partial charge in [-0.3, -0.25) is 4.99 Å². The van der Waals surface area contributed by atoms with Gasteiger partial charge in [-0.2, -0.15) is 0 Å². The maximum Gasteiger partial charge on any atom is 0.195 e. The van der Waals surface area contributed by atoms with Crippen LogP contribution in [-0.4, -0.2) is 33.3 Å². The number of nitrogens with one attached hydrogen (secondary N) is 2. The first kappa shape index (κ1) is 24.0. The van der Waals surface area contributed by atoms with Crippen molar-refractivity contribution in [3.63, 3.8) is 0 Å². The zero-order valence-electron chi connectivity index (χ0n) is 17.1. The molecule has 0 heterocycles. The first-order valence-electron chi connectivity index (χ1n) is 8.94. The van der Waals surface area contributed by atoms with Gasteiger partial charge < -0.3 is 24.8 Å². The van der Waals surface area contributed by atoms with Crippen LogP contribution in [0.5, 0.6) is 11.5 Å². The minimum Gasteiger partial charge on any atom is -0.493 e. The van der Waals surface area contributed by atoms with Crippen molar-refractivity contribution in [2.75, 3.05) is 26.6 Å². The molecule has 0 spiro atoms. The quantitative estimate of drug-likeness (QED) is 0.320. The minimum absolute atomic E-state index is 0. The van der Waals surface area contributed by atoms with Gasteiger partial charge in [-0.15, -0.1) is 24.0 Å². The normalized spacial score (nSPS) is 11.0. The zero-order valence-corrected chi connectivity index (χ0v) is 19.4. The second kappa shape index (κ2) is 12.5. The summed E-state index contributed by atoms with van der Waals surface area (Å²) in [5, 5.41) is 6.56. The molecule has 6 nitrogen and oxygen atoms in total. The molecule has 28 heavy (non-hydrogen) atoms. The molecular weight excluding hydrogens is 469 g/mol. The Morgan fingerprint density at radius 1 is 0.964 bits per heavy atom. The third-order valence-corrected chi connectivity index (χ3v) is 3.94. The second-order valence-electron chi connectivity index (χ2n) is 6.30. The van der Waals surface area contributed by atoms with Crippen molar-refractivity contribution >= 4 is 35.6 Å². The molecule has 0 saturated carbocycles. The Morgan fingerprint density at radius 3 is 2.18 bits per heavy atom. The van der Waals surface area contributed by atoms with E-state index in [1.165, 1.54) is 11.1 Å². The predicted molar refractivity (Wildman–Crippen MR) is 125 cm³/mol. The molecule has 0 radical (unpaired) electrons. The number of benzene rings is 2. The highest BCUT2D eigenvalue weighted by atomic mass is 127. The van der Waals surface area contributed by atoms with Gasteiger partial charge in [0, 0.05) is 25.3 Å². The third-order valence-electron chi connectivity index (χ3n) is 3.94. The van der Waals surface area contributed by atoms with Crippen LogP contribution in [0.25, 0.3) is 0 Å². The van der Waals surface area contributed by atoms with Crippen molar-refractivity contribution in [1.82, 2.24) is 5.32 Å². The number of anilines is 1. The number of hydrogen-bond donors (Lipinski definition) is 2. The third kappa shape index (κ3) is 7.55. The number of aliphatic imine (C=N–C) groups is 1. The molecule has 0 fully saturated rings. The molecule has 0 aromatic heterocycles. The summed E-state index contributed by atoms with van der Waals surface area (Å²) in [7, 11) is 4.97. The molecule has 0 amide bonds. The summed E-state index contributed by atoms with van der Waals surface area (Å²) >= 11 is 0. The van der Waals surface area contributed by atoms with Gasteiger partial charge in [-0.1, -0.05) is 24.3 Å². The fraction of sp³-hybridized carbons (Fsp3) is 0.381. The van der Waals surface area contributed by atoms with Crippen molar-refractivity contribution in [3.8, 4) is 11.5 Å². The number of hydrogen-bond acceptors (Lipinski definition) is 4. The van der Waals surface area contributed by atoms with Gasteiger partial charge in [-0.25, -0.2) is 0 Å². The Hall–Kier alpha value is -2.00. The summed E-state index contributed by atoms with van der Waals surface area (Å²) < 4.78 is 16.2. The summed E-state index contributed by atoms with van der Waals surface area (Å²) in [6, 6.07) is 14.0. The highest BCUT2D eigenvalue weighted by Gasteiger charge is 2.06. The lowest BCUT2D eigenvalue weighted by molar-refractivity contribution is 0.0657. The van der Waals surface area contributed by atoms with Crippen LogP contribution in [-0.2, 0) is 17.9 Å². The molecule has 0 aliphatic carbocycles. The summed E-state index contributed by atoms with van der Waals surface area (Å²) in [4.78, 5) is 4.27. The van der Waals surface area contributed by atoms with Crippen LogP contribution >= 0.6 is 24.0 Å². The molecule has 0 aliphatic heterocycles. The van der Waals surface area contributed by atoms with Crippen molar-refractivity contribution in [3.05, 3.63) is 53.6 Å². The monoisotopic (exact) mass is 499 g/mol. The number of ether oxygens (including phenoxy) is 3. The van der Waals surface area contributed by atoms with E-state index in [4.69, 9.17) is 14.2 Å². The van der Waals surface area contributed by atoms with Crippen molar-refractivity contribution < 1.29 is 14.2 Å². The Morgan fingerprint density at radius 2 is 1.61 bits per heavy atom. The predicted octanol–water partition coefficient (Wildman–Crippen LogP) is 4.43. The van der Waals surface area contributed by atoms with Crippen LogP contribution in [0.1, 0.15) is 25.0 Å². The van der Waals surface area contributed by atoms with Gasteiger partial charge in [-0.05, 0) is 37.1 Å². The molecule has 2 aromatic carbocycles. The molecular formula is C21H30IN3O3. The van der Waals surface area contributed by atoms with Crippen LogP contribution in [0.3, 0.4) is 0 Å². The fourth-order valence-electron chi connectivity index (χ4n) is 2.43. The van der Waals surface area contributed by atoms with Crippen LogP contribution in [0, 0.1) is 0 Å². The van der Waals surface area contributed by atoms with E-state index >= 15 is 0 Å². The highest BCUT2D eigenvalue weighted by Crippen LogP contribution is 2.29. The largest absolute Gasteiger partial charge is 0.493 e. The molecule has 0 saturated heterocycles. The molecule has 0 bridgehead atoms. The van der Waals surface area contributed by atoms with Crippen LogP contribution in [0.15, 0.2) is 47.5 Å².